The molecule has 0 fully saturated rings. The summed E-state index contributed by atoms with van der Waals surface area (Å²) in [6.45, 7) is 0. The number of fused-ring (bicyclic) bond motifs is 5. The summed E-state index contributed by atoms with van der Waals surface area (Å²) in [7, 11) is 0. The van der Waals surface area contributed by atoms with Gasteiger partial charge in [-0.3, -0.25) is 4.98 Å². The lowest BCUT2D eigenvalue weighted by Crippen LogP contribution is -1.94. The van der Waals surface area contributed by atoms with Gasteiger partial charge < -0.3 is 0 Å². The van der Waals surface area contributed by atoms with Gasteiger partial charge >= 0.3 is 0 Å². The topological polar surface area (TPSA) is 51.6 Å². The first-order valence-corrected chi connectivity index (χ1v) is 17.5. The van der Waals surface area contributed by atoms with Crippen LogP contribution in [0.4, 0.5) is 0 Å². The molecule has 242 valence electrons. The fourth-order valence-corrected chi connectivity index (χ4v) is 7.62. The van der Waals surface area contributed by atoms with Gasteiger partial charge in [0.15, 0.2) is 5.82 Å². The number of aromatic nitrogens is 4. The van der Waals surface area contributed by atoms with E-state index in [4.69, 9.17) is 9.97 Å². The maximum Gasteiger partial charge on any atom is 0.159 e. The number of hydrogen-bond donors (Lipinski definition) is 0. The summed E-state index contributed by atoms with van der Waals surface area (Å²) in [5.41, 5.74) is 11.9. The minimum Gasteiger partial charge on any atom is -0.254 e. The van der Waals surface area contributed by atoms with Gasteiger partial charge in [-0.05, 0) is 79.2 Å². The molecule has 0 aliphatic carbocycles. The van der Waals surface area contributed by atoms with Crippen molar-refractivity contribution in [1.29, 1.82) is 0 Å². The summed E-state index contributed by atoms with van der Waals surface area (Å²) in [5, 5.41) is 7.05. The first-order valence-electron chi connectivity index (χ1n) is 17.5. The Morgan fingerprint density at radius 3 is 1.52 bits per heavy atom. The molecular weight excluding hydrogens is 633 g/mol. The van der Waals surface area contributed by atoms with Crippen LogP contribution in [0.3, 0.4) is 0 Å². The van der Waals surface area contributed by atoms with Gasteiger partial charge in [0, 0.05) is 40.5 Å². The summed E-state index contributed by atoms with van der Waals surface area (Å²) >= 11 is 0. The van der Waals surface area contributed by atoms with Crippen LogP contribution in [0.15, 0.2) is 182 Å². The van der Waals surface area contributed by atoms with E-state index < -0.39 is 0 Å². The van der Waals surface area contributed by atoms with E-state index in [1.807, 2.05) is 18.3 Å². The fraction of sp³-hybridized carbons (Fsp3) is 0. The molecule has 0 radical (unpaired) electrons. The van der Waals surface area contributed by atoms with E-state index in [-0.39, 0.29) is 0 Å². The Balaban J connectivity index is 1.10. The number of nitrogens with zero attached hydrogens (tertiary/aromatic N) is 4. The number of hydrogen-bond acceptors (Lipinski definition) is 4. The molecule has 52 heavy (non-hydrogen) atoms. The van der Waals surface area contributed by atoms with Crippen molar-refractivity contribution in [3.05, 3.63) is 182 Å². The standard InChI is InChI=1S/C48H30N4/c1-2-10-34(11-3-1)44-37-12-4-6-14-39(37)45(40-15-7-5-13-38(40)44)42-30-36-25-26-43(52-46(36)47-41(42)16-8-27-49-47)33-21-17-31(18-22-33)32-19-23-35(24-20-32)48-50-28-9-29-51-48/h1-30H. The number of rotatable bonds is 5. The highest BCUT2D eigenvalue weighted by Gasteiger charge is 2.19. The maximum atomic E-state index is 5.26. The van der Waals surface area contributed by atoms with Crippen molar-refractivity contribution in [2.45, 2.75) is 0 Å². The second-order valence-electron chi connectivity index (χ2n) is 13.0. The molecule has 10 aromatic rings. The van der Waals surface area contributed by atoms with Crippen molar-refractivity contribution in [3.8, 4) is 56.0 Å². The van der Waals surface area contributed by atoms with E-state index in [9.17, 15) is 0 Å². The molecule has 0 N–H and O–H groups in total. The Labute approximate surface area is 300 Å². The van der Waals surface area contributed by atoms with Crippen LogP contribution in [-0.2, 0) is 0 Å². The molecule has 0 spiro atoms. The average Bonchev–Trinajstić information content (AvgIpc) is 3.23. The van der Waals surface area contributed by atoms with Crippen LogP contribution >= 0.6 is 0 Å². The second kappa shape index (κ2) is 12.4. The van der Waals surface area contributed by atoms with Crippen molar-refractivity contribution in [3.63, 3.8) is 0 Å². The number of pyridine rings is 2. The Hall–Kier alpha value is -7.04. The highest BCUT2D eigenvalue weighted by atomic mass is 14.8. The van der Waals surface area contributed by atoms with E-state index in [1.54, 1.807) is 12.4 Å². The lowest BCUT2D eigenvalue weighted by Gasteiger charge is -2.19. The molecule has 0 bridgehead atoms. The molecule has 0 saturated heterocycles. The molecule has 0 unspecified atom stereocenters. The van der Waals surface area contributed by atoms with Gasteiger partial charge in [0.2, 0.25) is 0 Å². The molecule has 4 nitrogen and oxygen atoms in total. The predicted octanol–water partition coefficient (Wildman–Crippen LogP) is 12.2. The fourth-order valence-electron chi connectivity index (χ4n) is 7.62. The predicted molar refractivity (Wildman–Crippen MR) is 215 cm³/mol. The molecule has 0 atom stereocenters. The van der Waals surface area contributed by atoms with E-state index in [0.29, 0.717) is 0 Å². The van der Waals surface area contributed by atoms with Crippen molar-refractivity contribution in [2.24, 2.45) is 0 Å². The molecule has 0 aliphatic heterocycles. The van der Waals surface area contributed by atoms with Gasteiger partial charge in [0.05, 0.1) is 16.7 Å². The van der Waals surface area contributed by atoms with Gasteiger partial charge in [-0.25, -0.2) is 15.0 Å². The lowest BCUT2D eigenvalue weighted by molar-refractivity contribution is 1.18. The van der Waals surface area contributed by atoms with E-state index in [2.05, 4.69) is 162 Å². The Bertz CT molecular complexity index is 2860. The summed E-state index contributed by atoms with van der Waals surface area (Å²) in [5.74, 6) is 0.726. The molecule has 4 heteroatoms. The third-order valence-corrected chi connectivity index (χ3v) is 10.0. The van der Waals surface area contributed by atoms with Crippen molar-refractivity contribution >= 4 is 43.4 Å². The van der Waals surface area contributed by atoms with Gasteiger partial charge in [-0.2, -0.15) is 0 Å². The zero-order valence-electron chi connectivity index (χ0n) is 28.1. The molecule has 7 aromatic carbocycles. The summed E-state index contributed by atoms with van der Waals surface area (Å²) in [4.78, 5) is 19.0. The third kappa shape index (κ3) is 5.00. The highest BCUT2D eigenvalue weighted by molar-refractivity contribution is 6.25. The van der Waals surface area contributed by atoms with Crippen molar-refractivity contribution in [2.75, 3.05) is 0 Å². The van der Waals surface area contributed by atoms with E-state index in [0.717, 1.165) is 61.1 Å². The Kier molecular flexibility index (Phi) is 7.10. The molecule has 10 rings (SSSR count). The van der Waals surface area contributed by atoms with Gasteiger partial charge in [0.1, 0.15) is 0 Å². The molecular formula is C48H30N4. The Morgan fingerprint density at radius 1 is 0.327 bits per heavy atom. The van der Waals surface area contributed by atoms with Crippen molar-refractivity contribution < 1.29 is 0 Å². The Morgan fingerprint density at radius 2 is 0.865 bits per heavy atom. The van der Waals surface area contributed by atoms with Crippen LogP contribution in [0.25, 0.3) is 99.4 Å². The molecule has 0 aliphatic rings. The number of benzene rings is 7. The zero-order chi connectivity index (χ0) is 34.4. The van der Waals surface area contributed by atoms with Gasteiger partial charge in [-0.15, -0.1) is 0 Å². The molecule has 0 amide bonds. The lowest BCUT2D eigenvalue weighted by atomic mass is 9.84. The smallest absolute Gasteiger partial charge is 0.159 e. The quantitative estimate of drug-likeness (QED) is 0.136. The van der Waals surface area contributed by atoms with E-state index in [1.165, 1.54) is 38.2 Å². The van der Waals surface area contributed by atoms with Crippen LogP contribution < -0.4 is 0 Å². The van der Waals surface area contributed by atoms with Gasteiger partial charge in [-0.1, -0.05) is 140 Å². The first kappa shape index (κ1) is 29.8. The van der Waals surface area contributed by atoms with Gasteiger partial charge in [0.25, 0.3) is 0 Å². The second-order valence-corrected chi connectivity index (χ2v) is 13.0. The highest BCUT2D eigenvalue weighted by Crippen LogP contribution is 2.46. The van der Waals surface area contributed by atoms with Crippen LogP contribution in [-0.4, -0.2) is 19.9 Å². The largest absolute Gasteiger partial charge is 0.254 e. The zero-order valence-corrected chi connectivity index (χ0v) is 28.1. The molecule has 3 aromatic heterocycles. The normalized spacial score (nSPS) is 11.5. The monoisotopic (exact) mass is 662 g/mol. The van der Waals surface area contributed by atoms with Crippen molar-refractivity contribution in [1.82, 2.24) is 19.9 Å². The molecule has 0 saturated carbocycles. The third-order valence-electron chi connectivity index (χ3n) is 10.0. The van der Waals surface area contributed by atoms with Crippen LogP contribution in [0.1, 0.15) is 0 Å². The summed E-state index contributed by atoms with van der Waals surface area (Å²) < 4.78 is 0. The van der Waals surface area contributed by atoms with Crippen LogP contribution in [0.5, 0.6) is 0 Å². The minimum absolute atomic E-state index is 0.726. The maximum absolute atomic E-state index is 5.26. The summed E-state index contributed by atoms with van der Waals surface area (Å²) in [6.07, 6.45) is 5.41. The summed E-state index contributed by atoms with van der Waals surface area (Å²) in [6, 6.07) is 58.0. The van der Waals surface area contributed by atoms with E-state index >= 15 is 0 Å². The molecule has 3 heterocycles. The first-order chi connectivity index (χ1) is 25.8. The van der Waals surface area contributed by atoms with Crippen LogP contribution in [0.2, 0.25) is 0 Å². The van der Waals surface area contributed by atoms with Crippen LogP contribution in [0, 0.1) is 0 Å². The average molecular weight is 663 g/mol. The SMILES string of the molecule is c1ccc(-c2c3ccccc3c(-c3cc4ccc(-c5ccc(-c6ccc(-c7ncccn7)cc6)cc5)nc4c4ncccc34)c3ccccc23)cc1. The minimum atomic E-state index is 0.726.